The quantitative estimate of drug-likeness (QED) is 0.777. The summed E-state index contributed by atoms with van der Waals surface area (Å²) >= 11 is 3.67. The number of nitrogens with one attached hydrogen (secondary N) is 1. The maximum Gasteiger partial charge on any atom is 0.0245 e. The summed E-state index contributed by atoms with van der Waals surface area (Å²) in [6.07, 6.45) is 4.61. The summed E-state index contributed by atoms with van der Waals surface area (Å²) in [5.41, 5.74) is 2.68. The van der Waals surface area contributed by atoms with Crippen LogP contribution in [0.4, 0.5) is 0 Å². The zero-order chi connectivity index (χ0) is 13.0. The van der Waals surface area contributed by atoms with Crippen LogP contribution in [-0.4, -0.2) is 24.5 Å². The van der Waals surface area contributed by atoms with Crippen LogP contribution in [0.5, 0.6) is 0 Å². The average Bonchev–Trinajstić information content (AvgIpc) is 3.14. The average molecular weight is 309 g/mol. The van der Waals surface area contributed by atoms with Gasteiger partial charge in [-0.3, -0.25) is 4.90 Å². The fourth-order valence-electron chi connectivity index (χ4n) is 1.95. The molecule has 1 N–H and O–H groups in total. The Labute approximate surface area is 118 Å². The largest absolute Gasteiger partial charge is 0.310 e. The normalized spacial score (nSPS) is 15.1. The molecule has 0 heterocycles. The van der Waals surface area contributed by atoms with E-state index in [0.29, 0.717) is 0 Å². The number of benzene rings is 1. The number of hydrogen-bond acceptors (Lipinski definition) is 2. The van der Waals surface area contributed by atoms with Gasteiger partial charge in [-0.25, -0.2) is 0 Å². The molecular weight excluding hydrogens is 288 g/mol. The van der Waals surface area contributed by atoms with Crippen LogP contribution in [0.2, 0.25) is 0 Å². The van der Waals surface area contributed by atoms with Gasteiger partial charge < -0.3 is 5.32 Å². The molecule has 2 nitrogen and oxygen atoms in total. The molecule has 18 heavy (non-hydrogen) atoms. The number of hydrogen-bond donors (Lipinski definition) is 1. The molecule has 3 heteroatoms. The number of likely N-dealkylation sites (N-methyl/N-ethyl adjacent to an activating group) is 1. The summed E-state index contributed by atoms with van der Waals surface area (Å²) in [6.45, 7) is 6.60. The molecule has 0 saturated heterocycles. The van der Waals surface area contributed by atoms with E-state index in [0.717, 1.165) is 25.7 Å². The summed E-state index contributed by atoms with van der Waals surface area (Å²) in [4.78, 5) is 2.25. The first-order valence-corrected chi connectivity index (χ1v) is 7.28. The first-order chi connectivity index (χ1) is 8.69. The Morgan fingerprint density at radius 1 is 1.50 bits per heavy atom. The molecule has 98 valence electrons. The van der Waals surface area contributed by atoms with Gasteiger partial charge in [-0.2, -0.15) is 0 Å². The fourth-order valence-corrected chi connectivity index (χ4v) is 2.51. The van der Waals surface area contributed by atoms with Crippen LogP contribution in [0.1, 0.15) is 24.0 Å². The van der Waals surface area contributed by atoms with E-state index in [1.54, 1.807) is 0 Å². The lowest BCUT2D eigenvalue weighted by Crippen LogP contribution is -2.18. The lowest BCUT2D eigenvalue weighted by Gasteiger charge is -2.16. The van der Waals surface area contributed by atoms with Crippen molar-refractivity contribution in [1.82, 2.24) is 10.2 Å². The number of nitrogens with zero attached hydrogens (tertiary/aromatic N) is 1. The third-order valence-corrected chi connectivity index (χ3v) is 3.91. The second-order valence-electron chi connectivity index (χ2n) is 5.07. The standard InChI is InChI=1S/C15H21BrN2/c1-3-8-18(2)11-13-5-4-12(9-15(13)16)10-17-14-6-7-14/h3-5,9,14,17H,1,6-8,10-11H2,2H3. The van der Waals surface area contributed by atoms with Crippen LogP contribution in [0.15, 0.2) is 35.3 Å². The van der Waals surface area contributed by atoms with Crippen molar-refractivity contribution >= 4 is 15.9 Å². The third-order valence-electron chi connectivity index (χ3n) is 3.17. The van der Waals surface area contributed by atoms with Crippen molar-refractivity contribution in [3.8, 4) is 0 Å². The van der Waals surface area contributed by atoms with Crippen molar-refractivity contribution in [2.45, 2.75) is 32.0 Å². The Balaban J connectivity index is 1.92. The van der Waals surface area contributed by atoms with Crippen LogP contribution in [0.25, 0.3) is 0 Å². The zero-order valence-electron chi connectivity index (χ0n) is 11.0. The van der Waals surface area contributed by atoms with Gasteiger partial charge >= 0.3 is 0 Å². The highest BCUT2D eigenvalue weighted by molar-refractivity contribution is 9.10. The number of halogens is 1. The SMILES string of the molecule is C=CCN(C)Cc1ccc(CNC2CC2)cc1Br. The summed E-state index contributed by atoms with van der Waals surface area (Å²) in [6, 6.07) is 7.43. The Bertz CT molecular complexity index is 413. The van der Waals surface area contributed by atoms with Crippen molar-refractivity contribution in [3.05, 3.63) is 46.5 Å². The maximum atomic E-state index is 3.76. The smallest absolute Gasteiger partial charge is 0.0245 e. The van der Waals surface area contributed by atoms with Gasteiger partial charge in [0.1, 0.15) is 0 Å². The summed E-state index contributed by atoms with van der Waals surface area (Å²) in [5, 5.41) is 3.54. The van der Waals surface area contributed by atoms with E-state index < -0.39 is 0 Å². The highest BCUT2D eigenvalue weighted by Gasteiger charge is 2.19. The van der Waals surface area contributed by atoms with Crippen LogP contribution < -0.4 is 5.32 Å². The fraction of sp³-hybridized carbons (Fsp3) is 0.467. The minimum atomic E-state index is 0.766. The zero-order valence-corrected chi connectivity index (χ0v) is 12.5. The lowest BCUT2D eigenvalue weighted by atomic mass is 10.1. The first-order valence-electron chi connectivity index (χ1n) is 6.49. The van der Waals surface area contributed by atoms with E-state index in [1.807, 2.05) is 6.08 Å². The molecule has 0 bridgehead atoms. The van der Waals surface area contributed by atoms with E-state index in [4.69, 9.17) is 0 Å². The molecule has 1 aromatic rings. The van der Waals surface area contributed by atoms with E-state index in [9.17, 15) is 0 Å². The van der Waals surface area contributed by atoms with Crippen molar-refractivity contribution in [3.63, 3.8) is 0 Å². The molecule has 0 aliphatic heterocycles. The van der Waals surface area contributed by atoms with Crippen LogP contribution in [-0.2, 0) is 13.1 Å². The predicted molar refractivity (Wildman–Crippen MR) is 80.5 cm³/mol. The molecule has 0 amide bonds. The minimum Gasteiger partial charge on any atom is -0.310 e. The summed E-state index contributed by atoms with van der Waals surface area (Å²) in [7, 11) is 2.11. The second kappa shape index (κ2) is 6.50. The summed E-state index contributed by atoms with van der Waals surface area (Å²) < 4.78 is 1.20. The molecule has 0 atom stereocenters. The molecule has 0 spiro atoms. The molecule has 1 aliphatic carbocycles. The van der Waals surface area contributed by atoms with Gasteiger partial charge in [0.15, 0.2) is 0 Å². The van der Waals surface area contributed by atoms with Gasteiger partial charge in [0.2, 0.25) is 0 Å². The maximum absolute atomic E-state index is 3.76. The van der Waals surface area contributed by atoms with Gasteiger partial charge in [0.25, 0.3) is 0 Å². The molecule has 1 aliphatic rings. The Morgan fingerprint density at radius 3 is 2.89 bits per heavy atom. The van der Waals surface area contributed by atoms with Crippen molar-refractivity contribution in [2.75, 3.05) is 13.6 Å². The van der Waals surface area contributed by atoms with E-state index in [-0.39, 0.29) is 0 Å². The Kier molecular flexibility index (Phi) is 4.98. The monoisotopic (exact) mass is 308 g/mol. The molecule has 0 aromatic heterocycles. The minimum absolute atomic E-state index is 0.766. The third kappa shape index (κ3) is 4.23. The molecule has 1 fully saturated rings. The van der Waals surface area contributed by atoms with Gasteiger partial charge in [0.05, 0.1) is 0 Å². The Hall–Kier alpha value is -0.640. The predicted octanol–water partition coefficient (Wildman–Crippen LogP) is 3.32. The molecule has 1 aromatic carbocycles. The molecule has 2 rings (SSSR count). The molecule has 1 saturated carbocycles. The molecule has 0 unspecified atom stereocenters. The van der Waals surface area contributed by atoms with Gasteiger partial charge in [-0.15, -0.1) is 6.58 Å². The van der Waals surface area contributed by atoms with Crippen molar-refractivity contribution < 1.29 is 0 Å². The van der Waals surface area contributed by atoms with Crippen molar-refractivity contribution in [1.29, 1.82) is 0 Å². The van der Waals surface area contributed by atoms with Gasteiger partial charge in [-0.1, -0.05) is 34.1 Å². The summed E-state index contributed by atoms with van der Waals surface area (Å²) in [5.74, 6) is 0. The van der Waals surface area contributed by atoms with E-state index >= 15 is 0 Å². The van der Waals surface area contributed by atoms with E-state index in [1.165, 1.54) is 28.4 Å². The highest BCUT2D eigenvalue weighted by atomic mass is 79.9. The highest BCUT2D eigenvalue weighted by Crippen LogP contribution is 2.22. The topological polar surface area (TPSA) is 15.3 Å². The second-order valence-corrected chi connectivity index (χ2v) is 5.92. The van der Waals surface area contributed by atoms with Gasteiger partial charge in [0, 0.05) is 30.1 Å². The number of rotatable bonds is 7. The van der Waals surface area contributed by atoms with Crippen LogP contribution >= 0.6 is 15.9 Å². The molecule has 0 radical (unpaired) electrons. The first kappa shape index (κ1) is 13.8. The van der Waals surface area contributed by atoms with Crippen molar-refractivity contribution in [2.24, 2.45) is 0 Å². The van der Waals surface area contributed by atoms with Crippen LogP contribution in [0, 0.1) is 0 Å². The van der Waals surface area contributed by atoms with Crippen LogP contribution in [0.3, 0.4) is 0 Å². The molecular formula is C15H21BrN2. The van der Waals surface area contributed by atoms with Gasteiger partial charge in [-0.05, 0) is 37.1 Å². The Morgan fingerprint density at radius 2 is 2.28 bits per heavy atom. The lowest BCUT2D eigenvalue weighted by molar-refractivity contribution is 0.363. The van der Waals surface area contributed by atoms with E-state index in [2.05, 4.69) is 58.0 Å².